The third-order valence-corrected chi connectivity index (χ3v) is 5.49. The molecule has 0 saturated heterocycles. The zero-order valence-corrected chi connectivity index (χ0v) is 17.0. The van der Waals surface area contributed by atoms with Crippen LogP contribution >= 0.6 is 0 Å². The van der Waals surface area contributed by atoms with Gasteiger partial charge in [0.2, 0.25) is 0 Å². The number of ether oxygens (including phenoxy) is 1. The van der Waals surface area contributed by atoms with E-state index in [-0.39, 0.29) is 11.6 Å². The number of anilines is 1. The van der Waals surface area contributed by atoms with E-state index < -0.39 is 12.1 Å². The second-order valence-corrected chi connectivity index (χ2v) is 7.78. The number of fused-ring (bicyclic) bond motifs is 1. The van der Waals surface area contributed by atoms with Crippen LogP contribution in [0.25, 0.3) is 0 Å². The summed E-state index contributed by atoms with van der Waals surface area (Å²) < 4.78 is 5.90. The number of aliphatic hydroxyl groups is 1. The van der Waals surface area contributed by atoms with Gasteiger partial charge in [-0.15, -0.1) is 0 Å². The molecule has 0 bridgehead atoms. The fourth-order valence-corrected chi connectivity index (χ4v) is 3.88. The van der Waals surface area contributed by atoms with Crippen LogP contribution in [0.1, 0.15) is 39.6 Å². The minimum atomic E-state index is -1.05. The van der Waals surface area contributed by atoms with E-state index in [4.69, 9.17) is 10.5 Å². The Morgan fingerprint density at radius 3 is 2.84 bits per heavy atom. The minimum absolute atomic E-state index is 0.0874. The maximum absolute atomic E-state index is 11.2. The Balaban J connectivity index is 1.42. The quantitative estimate of drug-likeness (QED) is 0.434. The van der Waals surface area contributed by atoms with Crippen molar-refractivity contribution in [3.05, 3.63) is 83.2 Å². The molecule has 0 spiro atoms. The highest BCUT2D eigenvalue weighted by Gasteiger charge is 2.20. The summed E-state index contributed by atoms with van der Waals surface area (Å²) >= 11 is 0. The second-order valence-electron chi connectivity index (χ2n) is 7.78. The summed E-state index contributed by atoms with van der Waals surface area (Å²) in [4.78, 5) is 15.3. The number of nitrogens with zero attached hydrogens (tertiary/aromatic N) is 1. The van der Waals surface area contributed by atoms with E-state index in [0.29, 0.717) is 23.7 Å². The molecule has 2 aromatic carbocycles. The lowest BCUT2D eigenvalue weighted by atomic mass is 9.88. The molecule has 1 aromatic heterocycles. The van der Waals surface area contributed by atoms with Gasteiger partial charge in [0.15, 0.2) is 0 Å². The SMILES string of the molecule is Nc1cc(Oc2ccc3c(c2)C[C@@H](NC[C@@H](O)c2cccnc2)CC3)cc(C(=O)O)c1. The predicted molar refractivity (Wildman–Crippen MR) is 117 cm³/mol. The fraction of sp³-hybridized carbons (Fsp3) is 0.250. The molecular formula is C24H25N3O4. The maximum Gasteiger partial charge on any atom is 0.335 e. The summed E-state index contributed by atoms with van der Waals surface area (Å²) in [6.45, 7) is 0.461. The third-order valence-electron chi connectivity index (χ3n) is 5.49. The first-order valence-corrected chi connectivity index (χ1v) is 10.2. The van der Waals surface area contributed by atoms with Gasteiger partial charge >= 0.3 is 5.97 Å². The maximum atomic E-state index is 11.2. The van der Waals surface area contributed by atoms with Gasteiger partial charge in [-0.05, 0) is 60.7 Å². The van der Waals surface area contributed by atoms with Gasteiger partial charge < -0.3 is 26.0 Å². The number of rotatable bonds is 7. The van der Waals surface area contributed by atoms with Crippen LogP contribution in [0.3, 0.4) is 0 Å². The molecule has 7 heteroatoms. The number of aromatic carboxylic acids is 1. The number of nitrogen functional groups attached to an aromatic ring is 1. The molecule has 0 radical (unpaired) electrons. The monoisotopic (exact) mass is 419 g/mol. The molecule has 0 unspecified atom stereocenters. The lowest BCUT2D eigenvalue weighted by Gasteiger charge is -2.27. The Kier molecular flexibility index (Phi) is 6.16. The molecular weight excluding hydrogens is 394 g/mol. The first-order chi connectivity index (χ1) is 15.0. The van der Waals surface area contributed by atoms with E-state index in [1.165, 1.54) is 23.3 Å². The topological polar surface area (TPSA) is 118 Å². The van der Waals surface area contributed by atoms with E-state index in [1.54, 1.807) is 18.5 Å². The Morgan fingerprint density at radius 1 is 1.19 bits per heavy atom. The summed E-state index contributed by atoms with van der Waals surface area (Å²) in [5.74, 6) is -0.0239. The molecule has 7 nitrogen and oxygen atoms in total. The fourth-order valence-electron chi connectivity index (χ4n) is 3.88. The Hall–Kier alpha value is -3.42. The van der Waals surface area contributed by atoms with Gasteiger partial charge in [-0.3, -0.25) is 4.98 Å². The zero-order chi connectivity index (χ0) is 21.8. The van der Waals surface area contributed by atoms with Crippen molar-refractivity contribution in [2.45, 2.75) is 31.4 Å². The molecule has 0 aliphatic heterocycles. The summed E-state index contributed by atoms with van der Waals surface area (Å²) in [5, 5.41) is 23.0. The number of nitrogens with two attached hydrogens (primary N) is 1. The minimum Gasteiger partial charge on any atom is -0.478 e. The van der Waals surface area contributed by atoms with Gasteiger partial charge in [0.05, 0.1) is 11.7 Å². The standard InChI is InChI=1S/C24H25N3O4/c25-19-8-18(24(29)30)11-22(12-19)31-21-6-4-15-3-5-20(9-17(15)10-21)27-14-23(28)16-2-1-7-26-13-16/h1-2,4,6-8,10-13,20,23,27-28H,3,5,9,14,25H2,(H,29,30)/t20-,23+/m0/s1. The molecule has 3 aromatic rings. The number of hydrogen-bond donors (Lipinski definition) is 4. The average molecular weight is 419 g/mol. The number of hydrogen-bond acceptors (Lipinski definition) is 6. The number of aryl methyl sites for hydroxylation is 1. The first kappa shape index (κ1) is 20.8. The average Bonchev–Trinajstić information content (AvgIpc) is 2.77. The van der Waals surface area contributed by atoms with Crippen molar-refractivity contribution in [2.75, 3.05) is 12.3 Å². The molecule has 1 aliphatic carbocycles. The number of nitrogens with one attached hydrogen (secondary N) is 1. The van der Waals surface area contributed by atoms with Crippen LogP contribution in [0, 0.1) is 0 Å². The summed E-state index contributed by atoms with van der Waals surface area (Å²) in [7, 11) is 0. The van der Waals surface area contributed by atoms with E-state index in [2.05, 4.69) is 16.4 Å². The Labute approximate surface area is 180 Å². The third kappa shape index (κ3) is 5.20. The van der Waals surface area contributed by atoms with Crippen LogP contribution in [-0.4, -0.2) is 33.8 Å². The largest absolute Gasteiger partial charge is 0.478 e. The van der Waals surface area contributed by atoms with Crippen LogP contribution in [0.15, 0.2) is 60.9 Å². The molecule has 31 heavy (non-hydrogen) atoms. The number of carboxylic acid groups (broad SMARTS) is 1. The van der Waals surface area contributed by atoms with Gasteiger partial charge in [-0.1, -0.05) is 12.1 Å². The second kappa shape index (κ2) is 9.16. The highest BCUT2D eigenvalue weighted by molar-refractivity contribution is 5.89. The van der Waals surface area contributed by atoms with Gasteiger partial charge in [0.1, 0.15) is 11.5 Å². The van der Waals surface area contributed by atoms with Crippen LogP contribution in [0.4, 0.5) is 5.69 Å². The number of aromatic nitrogens is 1. The lowest BCUT2D eigenvalue weighted by molar-refractivity contribution is 0.0696. The Bertz CT molecular complexity index is 1070. The summed E-state index contributed by atoms with van der Waals surface area (Å²) in [5.41, 5.74) is 9.48. The summed E-state index contributed by atoms with van der Waals surface area (Å²) in [6.07, 6.45) is 5.52. The number of aliphatic hydroxyl groups excluding tert-OH is 1. The van der Waals surface area contributed by atoms with Gasteiger partial charge in [-0.2, -0.15) is 0 Å². The molecule has 5 N–H and O–H groups in total. The number of pyridine rings is 1. The van der Waals surface area contributed by atoms with Crippen molar-refractivity contribution >= 4 is 11.7 Å². The van der Waals surface area contributed by atoms with E-state index in [9.17, 15) is 15.0 Å². The van der Waals surface area contributed by atoms with Crippen LogP contribution in [-0.2, 0) is 12.8 Å². The first-order valence-electron chi connectivity index (χ1n) is 10.2. The van der Waals surface area contributed by atoms with Crippen molar-refractivity contribution in [1.82, 2.24) is 10.3 Å². The van der Waals surface area contributed by atoms with Crippen molar-refractivity contribution in [2.24, 2.45) is 0 Å². The highest BCUT2D eigenvalue weighted by Crippen LogP contribution is 2.30. The predicted octanol–water partition coefficient (Wildman–Crippen LogP) is 3.33. The van der Waals surface area contributed by atoms with Crippen molar-refractivity contribution in [3.8, 4) is 11.5 Å². The zero-order valence-electron chi connectivity index (χ0n) is 17.0. The van der Waals surface area contributed by atoms with Crippen LogP contribution in [0.5, 0.6) is 11.5 Å². The normalized spacial score (nSPS) is 16.4. The molecule has 0 amide bonds. The van der Waals surface area contributed by atoms with Crippen molar-refractivity contribution in [1.29, 1.82) is 0 Å². The van der Waals surface area contributed by atoms with Crippen molar-refractivity contribution in [3.63, 3.8) is 0 Å². The molecule has 1 aliphatic rings. The van der Waals surface area contributed by atoms with Gasteiger partial charge in [-0.25, -0.2) is 4.79 Å². The van der Waals surface area contributed by atoms with Gasteiger partial charge in [0.25, 0.3) is 0 Å². The molecule has 160 valence electrons. The van der Waals surface area contributed by atoms with E-state index in [0.717, 1.165) is 24.8 Å². The van der Waals surface area contributed by atoms with Gasteiger partial charge in [0, 0.05) is 42.3 Å². The highest BCUT2D eigenvalue weighted by atomic mass is 16.5. The molecule has 0 fully saturated rings. The summed E-state index contributed by atoms with van der Waals surface area (Å²) in [6, 6.07) is 14.3. The molecule has 2 atom stereocenters. The van der Waals surface area contributed by atoms with Crippen molar-refractivity contribution < 1.29 is 19.7 Å². The smallest absolute Gasteiger partial charge is 0.335 e. The van der Waals surface area contributed by atoms with Crippen LogP contribution < -0.4 is 15.8 Å². The number of benzene rings is 2. The lowest BCUT2D eigenvalue weighted by Crippen LogP contribution is -2.37. The molecule has 4 rings (SSSR count). The van der Waals surface area contributed by atoms with E-state index in [1.807, 2.05) is 24.3 Å². The molecule has 1 heterocycles. The number of carboxylic acids is 1. The van der Waals surface area contributed by atoms with Crippen LogP contribution in [0.2, 0.25) is 0 Å². The number of carbonyl (C=O) groups is 1. The molecule has 0 saturated carbocycles. The Morgan fingerprint density at radius 2 is 2.06 bits per heavy atom. The van der Waals surface area contributed by atoms with E-state index >= 15 is 0 Å².